The van der Waals surface area contributed by atoms with Gasteiger partial charge in [0.25, 0.3) is 0 Å². The summed E-state index contributed by atoms with van der Waals surface area (Å²) in [5, 5.41) is 0. The van der Waals surface area contributed by atoms with Gasteiger partial charge in [0.15, 0.2) is 0 Å². The molecule has 0 aromatic heterocycles. The first-order chi connectivity index (χ1) is 4.41. The maximum absolute atomic E-state index is 3.18. The lowest BCUT2D eigenvalue weighted by molar-refractivity contribution is 0.448. The maximum Gasteiger partial charge on any atom is 0.0657 e. The lowest BCUT2D eigenvalue weighted by Crippen LogP contribution is -2.42. The third-order valence-corrected chi connectivity index (χ3v) is 2.00. The number of hydrazine groups is 2. The van der Waals surface area contributed by atoms with E-state index in [9.17, 15) is 0 Å². The van der Waals surface area contributed by atoms with E-state index in [4.69, 9.17) is 0 Å². The van der Waals surface area contributed by atoms with Crippen LogP contribution in [-0.2, 0) is 0 Å². The Kier molecular flexibility index (Phi) is 1.08. The third-order valence-electron chi connectivity index (χ3n) is 2.00. The molecule has 0 saturated carbocycles. The molecular weight excluding hydrogens is 114 g/mol. The van der Waals surface area contributed by atoms with Gasteiger partial charge in [-0.1, -0.05) is 12.2 Å². The molecule has 0 radical (unpaired) electrons. The second-order valence-corrected chi connectivity index (χ2v) is 2.70. The Morgan fingerprint density at radius 1 is 1.44 bits per heavy atom. The van der Waals surface area contributed by atoms with E-state index in [0.29, 0.717) is 0 Å². The molecule has 1 fully saturated rings. The predicted octanol–water partition coefficient (Wildman–Crippen LogP) is -0.312. The van der Waals surface area contributed by atoms with Gasteiger partial charge in [0.05, 0.1) is 5.54 Å². The van der Waals surface area contributed by atoms with Crippen molar-refractivity contribution in [1.82, 2.24) is 16.4 Å². The van der Waals surface area contributed by atoms with Crippen molar-refractivity contribution in [3.63, 3.8) is 0 Å². The summed E-state index contributed by atoms with van der Waals surface area (Å²) in [5.41, 5.74) is 9.37. The Morgan fingerprint density at radius 3 is 3.00 bits per heavy atom. The predicted molar refractivity (Wildman–Crippen MR) is 35.4 cm³/mol. The average Bonchev–Trinajstić information content (AvgIpc) is 2.45. The summed E-state index contributed by atoms with van der Waals surface area (Å²) in [6.45, 7) is 1.00. The zero-order valence-electron chi connectivity index (χ0n) is 5.28. The van der Waals surface area contributed by atoms with Crippen LogP contribution in [0.2, 0.25) is 0 Å². The van der Waals surface area contributed by atoms with E-state index >= 15 is 0 Å². The molecule has 1 atom stereocenters. The highest BCUT2D eigenvalue weighted by molar-refractivity contribution is 5.14. The Hall–Kier alpha value is -0.380. The molecule has 9 heavy (non-hydrogen) atoms. The minimum absolute atomic E-state index is 0.236. The molecule has 1 unspecified atom stereocenters. The van der Waals surface area contributed by atoms with Gasteiger partial charge in [0.1, 0.15) is 0 Å². The fourth-order valence-electron chi connectivity index (χ4n) is 1.40. The molecule has 0 bridgehead atoms. The van der Waals surface area contributed by atoms with Gasteiger partial charge in [-0.3, -0.25) is 0 Å². The summed E-state index contributed by atoms with van der Waals surface area (Å²) in [5.74, 6) is 0. The van der Waals surface area contributed by atoms with Crippen LogP contribution in [-0.4, -0.2) is 12.1 Å². The first-order valence-electron chi connectivity index (χ1n) is 3.34. The van der Waals surface area contributed by atoms with Crippen LogP contribution in [0.25, 0.3) is 0 Å². The largest absolute Gasteiger partial charge is 0.242 e. The SMILES string of the molecule is C1=CC2(CC1)CNNN2. The number of rotatable bonds is 0. The molecule has 1 heterocycles. The van der Waals surface area contributed by atoms with E-state index in [1.54, 1.807) is 0 Å². The summed E-state index contributed by atoms with van der Waals surface area (Å²) < 4.78 is 0. The Bertz CT molecular complexity index is 135. The summed E-state index contributed by atoms with van der Waals surface area (Å²) in [4.78, 5) is 0. The number of hydrogen-bond donors (Lipinski definition) is 3. The van der Waals surface area contributed by atoms with Crippen LogP contribution >= 0.6 is 0 Å². The fourth-order valence-corrected chi connectivity index (χ4v) is 1.40. The van der Waals surface area contributed by atoms with Crippen molar-refractivity contribution >= 4 is 0 Å². The van der Waals surface area contributed by atoms with Gasteiger partial charge in [-0.2, -0.15) is 5.53 Å². The van der Waals surface area contributed by atoms with Crippen molar-refractivity contribution in [2.75, 3.05) is 6.54 Å². The molecule has 1 spiro atoms. The van der Waals surface area contributed by atoms with Crippen molar-refractivity contribution in [2.24, 2.45) is 0 Å². The van der Waals surface area contributed by atoms with Crippen molar-refractivity contribution in [3.05, 3.63) is 12.2 Å². The highest BCUT2D eigenvalue weighted by atomic mass is 15.7. The molecule has 1 aliphatic heterocycles. The van der Waals surface area contributed by atoms with Gasteiger partial charge < -0.3 is 0 Å². The van der Waals surface area contributed by atoms with Crippen molar-refractivity contribution in [2.45, 2.75) is 18.4 Å². The molecule has 0 aromatic rings. The van der Waals surface area contributed by atoms with Gasteiger partial charge in [0.2, 0.25) is 0 Å². The van der Waals surface area contributed by atoms with Gasteiger partial charge in [-0.25, -0.2) is 10.9 Å². The summed E-state index contributed by atoms with van der Waals surface area (Å²) in [6, 6.07) is 0. The van der Waals surface area contributed by atoms with Gasteiger partial charge in [-0.05, 0) is 12.8 Å². The van der Waals surface area contributed by atoms with Crippen LogP contribution in [0.1, 0.15) is 12.8 Å². The van der Waals surface area contributed by atoms with Crippen molar-refractivity contribution in [1.29, 1.82) is 0 Å². The van der Waals surface area contributed by atoms with E-state index in [-0.39, 0.29) is 5.54 Å². The van der Waals surface area contributed by atoms with E-state index < -0.39 is 0 Å². The van der Waals surface area contributed by atoms with Crippen LogP contribution in [0, 0.1) is 0 Å². The average molecular weight is 125 g/mol. The Balaban J connectivity index is 2.13. The summed E-state index contributed by atoms with van der Waals surface area (Å²) in [6.07, 6.45) is 6.88. The monoisotopic (exact) mass is 125 g/mol. The standard InChI is InChI=1S/C6H11N3/c1-2-4-6(3-1)5-7-9-8-6/h1,3,7-9H,2,4-5H2. The second kappa shape index (κ2) is 1.80. The molecule has 50 valence electrons. The third kappa shape index (κ3) is 0.775. The van der Waals surface area contributed by atoms with Crippen LogP contribution in [0.4, 0.5) is 0 Å². The molecule has 0 aromatic carbocycles. The minimum Gasteiger partial charge on any atom is -0.242 e. The lowest BCUT2D eigenvalue weighted by atomic mass is 10.0. The van der Waals surface area contributed by atoms with Crippen LogP contribution < -0.4 is 16.4 Å². The summed E-state index contributed by atoms with van der Waals surface area (Å²) >= 11 is 0. The van der Waals surface area contributed by atoms with E-state index in [2.05, 4.69) is 28.5 Å². The second-order valence-electron chi connectivity index (χ2n) is 2.70. The minimum atomic E-state index is 0.236. The molecule has 2 rings (SSSR count). The van der Waals surface area contributed by atoms with Gasteiger partial charge in [0, 0.05) is 6.54 Å². The summed E-state index contributed by atoms with van der Waals surface area (Å²) in [7, 11) is 0. The zero-order valence-corrected chi connectivity index (χ0v) is 5.28. The quantitative estimate of drug-likeness (QED) is 0.389. The Morgan fingerprint density at radius 2 is 2.44 bits per heavy atom. The van der Waals surface area contributed by atoms with E-state index in [0.717, 1.165) is 6.54 Å². The molecular formula is C6H11N3. The van der Waals surface area contributed by atoms with Crippen LogP contribution in [0.15, 0.2) is 12.2 Å². The fraction of sp³-hybridized carbons (Fsp3) is 0.667. The highest BCUT2D eigenvalue weighted by Crippen LogP contribution is 2.22. The molecule has 1 saturated heterocycles. The normalized spacial score (nSPS) is 40.9. The van der Waals surface area contributed by atoms with E-state index in [1.807, 2.05) is 0 Å². The van der Waals surface area contributed by atoms with Crippen molar-refractivity contribution in [3.8, 4) is 0 Å². The molecule has 0 amide bonds. The first kappa shape index (κ1) is 5.41. The molecule has 1 aliphatic carbocycles. The molecule has 3 N–H and O–H groups in total. The maximum atomic E-state index is 3.18. The van der Waals surface area contributed by atoms with Crippen molar-refractivity contribution < 1.29 is 0 Å². The smallest absolute Gasteiger partial charge is 0.0657 e. The van der Waals surface area contributed by atoms with Crippen LogP contribution in [0.3, 0.4) is 0 Å². The van der Waals surface area contributed by atoms with Crippen LogP contribution in [0.5, 0.6) is 0 Å². The van der Waals surface area contributed by atoms with Gasteiger partial charge in [-0.15, -0.1) is 0 Å². The molecule has 3 heteroatoms. The van der Waals surface area contributed by atoms with Gasteiger partial charge >= 0.3 is 0 Å². The zero-order chi connectivity index (χ0) is 6.16. The highest BCUT2D eigenvalue weighted by Gasteiger charge is 2.32. The Labute approximate surface area is 54.5 Å². The lowest BCUT2D eigenvalue weighted by Gasteiger charge is -2.17. The first-order valence-corrected chi connectivity index (χ1v) is 3.34. The number of allylic oxidation sites excluding steroid dienone is 1. The van der Waals surface area contributed by atoms with E-state index in [1.165, 1.54) is 12.8 Å². The number of nitrogens with one attached hydrogen (secondary N) is 3. The topological polar surface area (TPSA) is 36.1 Å². The number of hydrogen-bond acceptors (Lipinski definition) is 3. The molecule has 2 aliphatic rings. The molecule has 3 nitrogen and oxygen atoms in total.